The van der Waals surface area contributed by atoms with Gasteiger partial charge in [0.25, 0.3) is 0 Å². The summed E-state index contributed by atoms with van der Waals surface area (Å²) < 4.78 is 11.0. The largest absolute Gasteiger partial charge is 0.493 e. The first-order chi connectivity index (χ1) is 14.2. The van der Waals surface area contributed by atoms with E-state index in [0.717, 1.165) is 28.5 Å². The number of hydrogen-bond donors (Lipinski definition) is 2. The summed E-state index contributed by atoms with van der Waals surface area (Å²) in [6, 6.07) is 15.9. The fourth-order valence-corrected chi connectivity index (χ4v) is 3.54. The van der Waals surface area contributed by atoms with Gasteiger partial charge in [0.05, 0.1) is 26.0 Å². The highest BCUT2D eigenvalue weighted by Gasteiger charge is 2.08. The van der Waals surface area contributed by atoms with Gasteiger partial charge < -0.3 is 20.1 Å². The van der Waals surface area contributed by atoms with Gasteiger partial charge in [0, 0.05) is 29.2 Å². The third kappa shape index (κ3) is 5.71. The summed E-state index contributed by atoms with van der Waals surface area (Å²) in [5, 5.41) is 9.64. The first-order valence-corrected chi connectivity index (χ1v) is 10.5. The minimum Gasteiger partial charge on any atom is -0.493 e. The number of guanidine groups is 1. The highest BCUT2D eigenvalue weighted by atomic mass is 32.1. The molecule has 2 aromatic carbocycles. The smallest absolute Gasteiger partial charge is 0.196 e. The van der Waals surface area contributed by atoms with Crippen LogP contribution >= 0.6 is 11.3 Å². The standard InChI is InChI=1S/C22H26N4O2S/c1-4-23-22(26-17-11-12-19(27-3)20(13-17)28-5-2)24-14-18-15-29-21(25-18)16-9-7-6-8-10-16/h6-13,15H,4-5,14H2,1-3H3,(H2,23,24,26). The molecule has 3 rings (SSSR count). The molecular formula is C22H26N4O2S. The van der Waals surface area contributed by atoms with Crippen molar-refractivity contribution in [2.75, 3.05) is 25.6 Å². The van der Waals surface area contributed by atoms with Crippen LogP contribution in [-0.4, -0.2) is 31.2 Å². The Kier molecular flexibility index (Phi) is 7.47. The van der Waals surface area contributed by atoms with Crippen LogP contribution in [0.2, 0.25) is 0 Å². The van der Waals surface area contributed by atoms with Crippen LogP contribution in [0.3, 0.4) is 0 Å². The van der Waals surface area contributed by atoms with E-state index in [-0.39, 0.29) is 0 Å². The van der Waals surface area contributed by atoms with Crippen molar-refractivity contribution >= 4 is 23.0 Å². The van der Waals surface area contributed by atoms with E-state index in [1.54, 1.807) is 18.4 Å². The van der Waals surface area contributed by atoms with Crippen molar-refractivity contribution in [3.63, 3.8) is 0 Å². The zero-order chi connectivity index (χ0) is 20.5. The van der Waals surface area contributed by atoms with Crippen LogP contribution in [0.25, 0.3) is 10.6 Å². The van der Waals surface area contributed by atoms with Gasteiger partial charge in [0.15, 0.2) is 17.5 Å². The molecule has 1 aromatic heterocycles. The Bertz CT molecular complexity index is 941. The van der Waals surface area contributed by atoms with Crippen LogP contribution in [0.1, 0.15) is 19.5 Å². The molecule has 2 N–H and O–H groups in total. The van der Waals surface area contributed by atoms with Crippen molar-refractivity contribution in [2.24, 2.45) is 4.99 Å². The van der Waals surface area contributed by atoms with Crippen molar-refractivity contribution in [1.29, 1.82) is 0 Å². The molecule has 0 aliphatic rings. The molecule has 29 heavy (non-hydrogen) atoms. The Labute approximate surface area is 175 Å². The monoisotopic (exact) mass is 410 g/mol. The quantitative estimate of drug-likeness (QED) is 0.413. The van der Waals surface area contributed by atoms with E-state index in [4.69, 9.17) is 14.5 Å². The van der Waals surface area contributed by atoms with Crippen LogP contribution in [0.5, 0.6) is 11.5 Å². The molecule has 6 nitrogen and oxygen atoms in total. The second-order valence-corrected chi connectivity index (χ2v) is 6.99. The molecule has 152 valence electrons. The average molecular weight is 411 g/mol. The van der Waals surface area contributed by atoms with Gasteiger partial charge in [0.2, 0.25) is 0 Å². The Morgan fingerprint density at radius 2 is 1.93 bits per heavy atom. The zero-order valence-corrected chi connectivity index (χ0v) is 17.8. The lowest BCUT2D eigenvalue weighted by atomic mass is 10.2. The fraction of sp³-hybridized carbons (Fsp3) is 0.273. The normalized spacial score (nSPS) is 11.2. The Hall–Kier alpha value is -3.06. The van der Waals surface area contributed by atoms with E-state index in [0.29, 0.717) is 30.6 Å². The molecule has 0 bridgehead atoms. The van der Waals surface area contributed by atoms with Crippen LogP contribution in [0, 0.1) is 0 Å². The van der Waals surface area contributed by atoms with E-state index >= 15 is 0 Å². The summed E-state index contributed by atoms with van der Waals surface area (Å²) in [6.07, 6.45) is 0. The van der Waals surface area contributed by atoms with Gasteiger partial charge in [0.1, 0.15) is 5.01 Å². The van der Waals surface area contributed by atoms with Crippen molar-refractivity contribution in [1.82, 2.24) is 10.3 Å². The van der Waals surface area contributed by atoms with Crippen LogP contribution < -0.4 is 20.1 Å². The lowest BCUT2D eigenvalue weighted by Crippen LogP contribution is -2.30. The van der Waals surface area contributed by atoms with Gasteiger partial charge in [-0.1, -0.05) is 30.3 Å². The Morgan fingerprint density at radius 1 is 1.10 bits per heavy atom. The minimum absolute atomic E-state index is 0.493. The number of nitrogens with zero attached hydrogens (tertiary/aromatic N) is 2. The fourth-order valence-electron chi connectivity index (χ4n) is 2.72. The van der Waals surface area contributed by atoms with Crippen molar-refractivity contribution < 1.29 is 9.47 Å². The molecule has 0 atom stereocenters. The van der Waals surface area contributed by atoms with Crippen LogP contribution in [0.15, 0.2) is 58.9 Å². The summed E-state index contributed by atoms with van der Waals surface area (Å²) in [7, 11) is 1.63. The van der Waals surface area contributed by atoms with Crippen molar-refractivity contribution in [3.05, 3.63) is 59.6 Å². The van der Waals surface area contributed by atoms with Gasteiger partial charge in [-0.2, -0.15) is 0 Å². The predicted molar refractivity (Wildman–Crippen MR) is 120 cm³/mol. The molecular weight excluding hydrogens is 384 g/mol. The van der Waals surface area contributed by atoms with E-state index in [9.17, 15) is 0 Å². The summed E-state index contributed by atoms with van der Waals surface area (Å²) in [5.41, 5.74) is 2.94. The molecule has 0 fully saturated rings. The molecule has 0 spiro atoms. The number of hydrogen-bond acceptors (Lipinski definition) is 5. The molecule has 0 aliphatic carbocycles. The Morgan fingerprint density at radius 3 is 2.66 bits per heavy atom. The average Bonchev–Trinajstić information content (AvgIpc) is 3.22. The SMILES string of the molecule is CCNC(=NCc1csc(-c2ccccc2)n1)Nc1ccc(OC)c(OCC)c1. The number of anilines is 1. The number of methoxy groups -OCH3 is 1. The van der Waals surface area contributed by atoms with Gasteiger partial charge in [-0.3, -0.25) is 0 Å². The highest BCUT2D eigenvalue weighted by molar-refractivity contribution is 7.13. The van der Waals surface area contributed by atoms with Gasteiger partial charge in [-0.25, -0.2) is 9.98 Å². The number of aliphatic imine (C=N–C) groups is 1. The van der Waals surface area contributed by atoms with Crippen LogP contribution in [0.4, 0.5) is 5.69 Å². The molecule has 7 heteroatoms. The van der Waals surface area contributed by atoms with Gasteiger partial charge in [-0.15, -0.1) is 11.3 Å². The van der Waals surface area contributed by atoms with Crippen molar-refractivity contribution in [2.45, 2.75) is 20.4 Å². The minimum atomic E-state index is 0.493. The molecule has 3 aromatic rings. The molecule has 0 radical (unpaired) electrons. The summed E-state index contributed by atoms with van der Waals surface area (Å²) >= 11 is 1.63. The van der Waals surface area contributed by atoms with E-state index in [1.165, 1.54) is 0 Å². The van der Waals surface area contributed by atoms with Gasteiger partial charge in [-0.05, 0) is 26.0 Å². The number of aromatic nitrogens is 1. The topological polar surface area (TPSA) is 67.8 Å². The molecule has 0 aliphatic heterocycles. The summed E-state index contributed by atoms with van der Waals surface area (Å²) in [5.74, 6) is 2.09. The first-order valence-electron chi connectivity index (χ1n) is 9.59. The van der Waals surface area contributed by atoms with E-state index < -0.39 is 0 Å². The number of rotatable bonds is 8. The number of benzene rings is 2. The second kappa shape index (κ2) is 10.5. The first kappa shape index (κ1) is 20.7. The van der Waals surface area contributed by atoms with Crippen LogP contribution in [-0.2, 0) is 6.54 Å². The number of nitrogens with one attached hydrogen (secondary N) is 2. The maximum Gasteiger partial charge on any atom is 0.196 e. The molecule has 0 saturated carbocycles. The Balaban J connectivity index is 1.72. The lowest BCUT2D eigenvalue weighted by Gasteiger charge is -2.14. The molecule has 0 unspecified atom stereocenters. The summed E-state index contributed by atoms with van der Waals surface area (Å²) in [6.45, 7) is 5.80. The maximum atomic E-state index is 5.65. The second-order valence-electron chi connectivity index (χ2n) is 6.13. The number of thiazole rings is 1. The van der Waals surface area contributed by atoms with E-state index in [2.05, 4.69) is 33.1 Å². The van der Waals surface area contributed by atoms with Crippen molar-refractivity contribution in [3.8, 4) is 22.1 Å². The molecule has 1 heterocycles. The van der Waals surface area contributed by atoms with E-state index in [1.807, 2.05) is 50.2 Å². The molecule has 0 saturated heterocycles. The highest BCUT2D eigenvalue weighted by Crippen LogP contribution is 2.30. The third-order valence-electron chi connectivity index (χ3n) is 4.04. The zero-order valence-electron chi connectivity index (χ0n) is 16.9. The molecule has 0 amide bonds. The predicted octanol–water partition coefficient (Wildman–Crippen LogP) is 4.80. The van der Waals surface area contributed by atoms with Gasteiger partial charge >= 0.3 is 0 Å². The summed E-state index contributed by atoms with van der Waals surface area (Å²) in [4.78, 5) is 9.37. The number of ether oxygens (including phenoxy) is 2. The lowest BCUT2D eigenvalue weighted by molar-refractivity contribution is 0.311. The maximum absolute atomic E-state index is 5.65. The third-order valence-corrected chi connectivity index (χ3v) is 4.98.